The van der Waals surface area contributed by atoms with Crippen molar-refractivity contribution in [1.29, 1.82) is 0 Å². The monoisotopic (exact) mass is 260 g/mol. The van der Waals surface area contributed by atoms with Crippen LogP contribution in [0.2, 0.25) is 0 Å². The first-order valence-corrected chi connectivity index (χ1v) is 5.14. The minimum Gasteiger partial charge on any atom is -0.478 e. The molecule has 19 heavy (non-hydrogen) atoms. The Balaban J connectivity index is 0.000000555. The van der Waals surface area contributed by atoms with Crippen molar-refractivity contribution in [3.63, 3.8) is 0 Å². The van der Waals surface area contributed by atoms with E-state index in [0.717, 1.165) is 17.2 Å². The Morgan fingerprint density at radius 1 is 1.21 bits per heavy atom. The molecule has 0 fully saturated rings. The minimum absolute atomic E-state index is 0.308. The van der Waals surface area contributed by atoms with E-state index in [9.17, 15) is 14.4 Å². The third kappa shape index (κ3) is 8.94. The zero-order valence-electron chi connectivity index (χ0n) is 10.1. The van der Waals surface area contributed by atoms with Crippen LogP contribution in [0.3, 0.4) is 0 Å². The summed E-state index contributed by atoms with van der Waals surface area (Å²) in [5, 5.41) is 7.60. The number of carbonyl (C=O) groups excluding carboxylic acids is 2. The summed E-state index contributed by atoms with van der Waals surface area (Å²) in [5.41, 5.74) is 1.79. The van der Waals surface area contributed by atoms with Crippen LogP contribution in [-0.4, -0.2) is 23.2 Å². The van der Waals surface area contributed by atoms with Gasteiger partial charge in [0.05, 0.1) is 13.1 Å². The van der Waals surface area contributed by atoms with E-state index >= 15 is 0 Å². The summed E-state index contributed by atoms with van der Waals surface area (Å²) in [6.07, 6.45) is 3.77. The van der Waals surface area contributed by atoms with Crippen LogP contribution < -0.4 is 0 Å². The lowest BCUT2D eigenvalue weighted by atomic mass is 10.1. The molecule has 0 aliphatic heterocycles. The SMILES string of the molecule is C=CC(=O)O.O=C=NCc1cccc(CN=C=O)c1. The Morgan fingerprint density at radius 3 is 1.95 bits per heavy atom. The molecule has 1 N–H and O–H groups in total. The second-order valence-electron chi connectivity index (χ2n) is 3.18. The fourth-order valence-corrected chi connectivity index (χ4v) is 1.07. The molecule has 0 aliphatic carbocycles. The fourth-order valence-electron chi connectivity index (χ4n) is 1.07. The van der Waals surface area contributed by atoms with Crippen LogP contribution >= 0.6 is 0 Å². The van der Waals surface area contributed by atoms with E-state index in [4.69, 9.17) is 5.11 Å². The highest BCUT2D eigenvalue weighted by molar-refractivity contribution is 5.78. The van der Waals surface area contributed by atoms with Gasteiger partial charge in [-0.05, 0) is 11.1 Å². The molecule has 1 aromatic carbocycles. The first-order chi connectivity index (χ1) is 9.13. The zero-order valence-corrected chi connectivity index (χ0v) is 10.1. The van der Waals surface area contributed by atoms with Crippen LogP contribution in [0.5, 0.6) is 0 Å². The standard InChI is InChI=1S/C10H8N2O2.C3H4O2/c13-7-11-5-9-2-1-3-10(4-9)6-12-8-14;1-2-3(4)5/h1-4H,5-6H2;2H,1H2,(H,4,5). The summed E-state index contributed by atoms with van der Waals surface area (Å²) in [7, 11) is 0. The minimum atomic E-state index is -0.981. The molecule has 0 spiro atoms. The van der Waals surface area contributed by atoms with Crippen LogP contribution in [0.25, 0.3) is 0 Å². The van der Waals surface area contributed by atoms with Gasteiger partial charge in [-0.25, -0.2) is 24.4 Å². The van der Waals surface area contributed by atoms with E-state index in [0.29, 0.717) is 13.1 Å². The smallest absolute Gasteiger partial charge is 0.327 e. The second kappa shape index (κ2) is 10.4. The molecule has 0 unspecified atom stereocenters. The second-order valence-corrected chi connectivity index (χ2v) is 3.18. The van der Waals surface area contributed by atoms with E-state index in [1.165, 1.54) is 12.2 Å². The maximum Gasteiger partial charge on any atom is 0.327 e. The number of hydrogen-bond donors (Lipinski definition) is 1. The summed E-state index contributed by atoms with van der Waals surface area (Å²) in [6, 6.07) is 7.34. The Morgan fingerprint density at radius 2 is 1.63 bits per heavy atom. The maximum absolute atomic E-state index is 9.87. The molecule has 0 radical (unpaired) electrons. The molecular weight excluding hydrogens is 248 g/mol. The molecule has 0 atom stereocenters. The molecule has 0 bridgehead atoms. The quantitative estimate of drug-likeness (QED) is 0.494. The summed E-state index contributed by atoms with van der Waals surface area (Å²) < 4.78 is 0. The molecule has 0 amide bonds. The van der Waals surface area contributed by atoms with E-state index < -0.39 is 5.97 Å². The number of nitrogens with zero attached hydrogens (tertiary/aromatic N) is 2. The van der Waals surface area contributed by atoms with Gasteiger partial charge in [0, 0.05) is 6.08 Å². The van der Waals surface area contributed by atoms with Crippen molar-refractivity contribution in [3.8, 4) is 0 Å². The fraction of sp³-hybridized carbons (Fsp3) is 0.154. The van der Waals surface area contributed by atoms with Crippen molar-refractivity contribution in [2.24, 2.45) is 9.98 Å². The molecule has 0 aliphatic rings. The summed E-state index contributed by atoms with van der Waals surface area (Å²) in [6.45, 7) is 3.58. The predicted molar refractivity (Wildman–Crippen MR) is 67.9 cm³/mol. The normalized spacial score (nSPS) is 8.00. The highest BCUT2D eigenvalue weighted by Gasteiger charge is 1.94. The van der Waals surface area contributed by atoms with Crippen molar-refractivity contribution >= 4 is 18.1 Å². The summed E-state index contributed by atoms with van der Waals surface area (Å²) in [5.74, 6) is -0.981. The third-order valence-corrected chi connectivity index (χ3v) is 1.82. The first-order valence-electron chi connectivity index (χ1n) is 5.14. The number of isocyanates is 2. The summed E-state index contributed by atoms with van der Waals surface area (Å²) >= 11 is 0. The molecule has 1 rings (SSSR count). The Kier molecular flexibility index (Phi) is 8.82. The van der Waals surface area contributed by atoms with Gasteiger partial charge in [0.25, 0.3) is 0 Å². The van der Waals surface area contributed by atoms with Crippen LogP contribution in [-0.2, 0) is 27.5 Å². The highest BCUT2D eigenvalue weighted by atomic mass is 16.4. The van der Waals surface area contributed by atoms with Crippen LogP contribution in [0.4, 0.5) is 0 Å². The van der Waals surface area contributed by atoms with Gasteiger partial charge in [0.1, 0.15) is 0 Å². The lowest BCUT2D eigenvalue weighted by molar-refractivity contribution is -0.131. The lowest BCUT2D eigenvalue weighted by Gasteiger charge is -1.98. The van der Waals surface area contributed by atoms with Crippen molar-refractivity contribution < 1.29 is 19.5 Å². The molecule has 6 heteroatoms. The molecule has 6 nitrogen and oxygen atoms in total. The van der Waals surface area contributed by atoms with Crippen molar-refractivity contribution in [2.45, 2.75) is 13.1 Å². The number of carboxylic acid groups (broad SMARTS) is 1. The van der Waals surface area contributed by atoms with Gasteiger partial charge in [0.2, 0.25) is 12.2 Å². The zero-order chi connectivity index (χ0) is 14.5. The first kappa shape index (κ1) is 16.2. The molecule has 0 saturated heterocycles. The third-order valence-electron chi connectivity index (χ3n) is 1.82. The van der Waals surface area contributed by atoms with Crippen LogP contribution in [0.15, 0.2) is 46.9 Å². The molecule has 98 valence electrons. The average molecular weight is 260 g/mol. The van der Waals surface area contributed by atoms with E-state index in [1.54, 1.807) is 0 Å². The highest BCUT2D eigenvalue weighted by Crippen LogP contribution is 2.07. The Bertz CT molecular complexity index is 492. The van der Waals surface area contributed by atoms with Crippen LogP contribution in [0.1, 0.15) is 11.1 Å². The van der Waals surface area contributed by atoms with Gasteiger partial charge in [-0.15, -0.1) is 0 Å². The lowest BCUT2D eigenvalue weighted by Crippen LogP contribution is -1.85. The topological polar surface area (TPSA) is 96.2 Å². The summed E-state index contributed by atoms with van der Waals surface area (Å²) in [4.78, 5) is 35.9. The van der Waals surface area contributed by atoms with Gasteiger partial charge in [0.15, 0.2) is 0 Å². The van der Waals surface area contributed by atoms with E-state index in [2.05, 4.69) is 16.6 Å². The predicted octanol–water partition coefficient (Wildman–Crippen LogP) is 1.62. The van der Waals surface area contributed by atoms with Crippen molar-refractivity contribution in [1.82, 2.24) is 0 Å². The molecule has 0 saturated carbocycles. The number of carboxylic acids is 1. The van der Waals surface area contributed by atoms with Crippen molar-refractivity contribution in [3.05, 3.63) is 48.0 Å². The maximum atomic E-state index is 9.87. The van der Waals surface area contributed by atoms with Gasteiger partial charge in [-0.2, -0.15) is 0 Å². The Hall–Kier alpha value is -2.81. The van der Waals surface area contributed by atoms with Crippen molar-refractivity contribution in [2.75, 3.05) is 0 Å². The number of aliphatic imine (C=N–C) groups is 2. The van der Waals surface area contributed by atoms with Gasteiger partial charge in [-0.1, -0.05) is 30.8 Å². The molecule has 1 aromatic rings. The van der Waals surface area contributed by atoms with Crippen LogP contribution in [0, 0.1) is 0 Å². The van der Waals surface area contributed by atoms with Gasteiger partial charge >= 0.3 is 5.97 Å². The number of aliphatic carboxylic acids is 1. The number of rotatable bonds is 5. The molecule has 0 heterocycles. The number of carbonyl (C=O) groups is 1. The average Bonchev–Trinajstić information content (AvgIpc) is 2.44. The Labute approximate surface area is 109 Å². The van der Waals surface area contributed by atoms with E-state index in [1.807, 2.05) is 24.3 Å². The number of hydrogen-bond acceptors (Lipinski definition) is 5. The van der Waals surface area contributed by atoms with E-state index in [-0.39, 0.29) is 0 Å². The molecular formula is C13H12N2O4. The van der Waals surface area contributed by atoms with Gasteiger partial charge in [-0.3, -0.25) is 0 Å². The molecule has 0 aromatic heterocycles. The largest absolute Gasteiger partial charge is 0.478 e. The number of benzene rings is 1. The van der Waals surface area contributed by atoms with Gasteiger partial charge < -0.3 is 5.11 Å².